The van der Waals surface area contributed by atoms with Crippen molar-refractivity contribution in [1.82, 2.24) is 4.98 Å². The number of halogens is 1. The van der Waals surface area contributed by atoms with E-state index < -0.39 is 0 Å². The summed E-state index contributed by atoms with van der Waals surface area (Å²) in [7, 11) is 0. The van der Waals surface area contributed by atoms with E-state index in [0.717, 1.165) is 28.6 Å². The van der Waals surface area contributed by atoms with Gasteiger partial charge >= 0.3 is 0 Å². The van der Waals surface area contributed by atoms with Crippen molar-refractivity contribution < 1.29 is 4.42 Å². The number of hydrogen-bond donors (Lipinski definition) is 1. The first-order valence-electron chi connectivity index (χ1n) is 6.70. The Hall–Kier alpha value is -2.26. The molecule has 0 fully saturated rings. The summed E-state index contributed by atoms with van der Waals surface area (Å²) in [6.45, 7) is 2.83. The van der Waals surface area contributed by atoms with Crippen LogP contribution in [0.1, 0.15) is 11.1 Å². The Labute approximate surface area is 128 Å². The maximum atomic E-state index is 5.97. The lowest BCUT2D eigenvalue weighted by Crippen LogP contribution is -2.01. The molecule has 0 amide bonds. The van der Waals surface area contributed by atoms with Crippen LogP contribution in [0.2, 0.25) is 5.02 Å². The van der Waals surface area contributed by atoms with Gasteiger partial charge in [-0.3, -0.25) is 0 Å². The Morgan fingerprint density at radius 1 is 1.14 bits per heavy atom. The van der Waals surface area contributed by atoms with Crippen LogP contribution in [-0.2, 0) is 6.54 Å². The van der Waals surface area contributed by atoms with Gasteiger partial charge in [0.05, 0.1) is 6.20 Å². The van der Waals surface area contributed by atoms with Crippen LogP contribution in [0.15, 0.2) is 59.5 Å². The van der Waals surface area contributed by atoms with E-state index >= 15 is 0 Å². The highest BCUT2D eigenvalue weighted by Crippen LogP contribution is 2.21. The largest absolute Gasteiger partial charge is 0.444 e. The summed E-state index contributed by atoms with van der Waals surface area (Å²) in [5.74, 6) is 0.773. The van der Waals surface area contributed by atoms with Crippen molar-refractivity contribution in [3.63, 3.8) is 0 Å². The van der Waals surface area contributed by atoms with Crippen LogP contribution in [0.3, 0.4) is 0 Å². The second-order valence-electron chi connectivity index (χ2n) is 4.87. The normalized spacial score (nSPS) is 10.6. The molecule has 0 saturated heterocycles. The minimum absolute atomic E-state index is 0.769. The maximum absolute atomic E-state index is 5.97. The van der Waals surface area contributed by atoms with Crippen LogP contribution in [0.4, 0.5) is 5.69 Å². The zero-order valence-corrected chi connectivity index (χ0v) is 12.4. The fourth-order valence-corrected chi connectivity index (χ4v) is 2.39. The molecule has 0 unspecified atom stereocenters. The smallest absolute Gasteiger partial charge is 0.181 e. The predicted molar refractivity (Wildman–Crippen MR) is 85.5 cm³/mol. The summed E-state index contributed by atoms with van der Waals surface area (Å²) in [5, 5.41) is 4.18. The molecule has 3 nitrogen and oxygen atoms in total. The molecular formula is C17H15ClN2O. The molecule has 0 aliphatic rings. The molecule has 0 aliphatic heterocycles. The number of nitrogens with zero attached hydrogens (tertiary/aromatic N) is 1. The minimum Gasteiger partial charge on any atom is -0.444 e. The van der Waals surface area contributed by atoms with Gasteiger partial charge in [-0.1, -0.05) is 17.7 Å². The lowest BCUT2D eigenvalue weighted by molar-refractivity contribution is 0.572. The average molecular weight is 299 g/mol. The maximum Gasteiger partial charge on any atom is 0.181 e. The molecule has 1 heterocycles. The Bertz CT molecular complexity index is 721. The zero-order valence-electron chi connectivity index (χ0n) is 11.6. The number of aryl methyl sites for hydroxylation is 1. The van der Waals surface area contributed by atoms with E-state index in [2.05, 4.69) is 17.2 Å². The highest BCUT2D eigenvalue weighted by molar-refractivity contribution is 6.30. The highest BCUT2D eigenvalue weighted by atomic mass is 35.5. The standard InChI is InChI=1S/C17H15ClN2O/c1-12-8-15(18)5-2-14(12)9-20-16-6-3-13(4-7-16)17-10-19-11-21-17/h2-8,10-11,20H,9H2,1H3. The van der Waals surface area contributed by atoms with E-state index in [1.807, 2.05) is 42.5 Å². The fraction of sp³-hybridized carbons (Fsp3) is 0.118. The van der Waals surface area contributed by atoms with E-state index in [1.54, 1.807) is 6.20 Å². The van der Waals surface area contributed by atoms with Gasteiger partial charge in [0.15, 0.2) is 12.2 Å². The van der Waals surface area contributed by atoms with Crippen LogP contribution in [0.25, 0.3) is 11.3 Å². The van der Waals surface area contributed by atoms with Crippen molar-refractivity contribution in [2.24, 2.45) is 0 Å². The highest BCUT2D eigenvalue weighted by Gasteiger charge is 2.02. The van der Waals surface area contributed by atoms with Crippen molar-refractivity contribution in [1.29, 1.82) is 0 Å². The van der Waals surface area contributed by atoms with Gasteiger partial charge in [-0.2, -0.15) is 0 Å². The number of nitrogens with one attached hydrogen (secondary N) is 1. The minimum atomic E-state index is 0.769. The molecule has 0 radical (unpaired) electrons. The molecule has 1 N–H and O–H groups in total. The lowest BCUT2D eigenvalue weighted by atomic mass is 10.1. The second kappa shape index (κ2) is 6.02. The van der Waals surface area contributed by atoms with Gasteiger partial charge in [0.2, 0.25) is 0 Å². The molecular weight excluding hydrogens is 284 g/mol. The molecule has 3 aromatic rings. The monoisotopic (exact) mass is 298 g/mol. The molecule has 2 aromatic carbocycles. The van der Waals surface area contributed by atoms with Gasteiger partial charge < -0.3 is 9.73 Å². The summed E-state index contributed by atoms with van der Waals surface area (Å²) in [5.41, 5.74) is 4.50. The average Bonchev–Trinajstić information content (AvgIpc) is 3.01. The zero-order chi connectivity index (χ0) is 14.7. The number of aromatic nitrogens is 1. The van der Waals surface area contributed by atoms with Gasteiger partial charge in [-0.15, -0.1) is 0 Å². The van der Waals surface area contributed by atoms with E-state index in [4.69, 9.17) is 16.0 Å². The van der Waals surface area contributed by atoms with E-state index in [9.17, 15) is 0 Å². The third-order valence-electron chi connectivity index (χ3n) is 3.39. The Balaban J connectivity index is 1.68. The molecule has 21 heavy (non-hydrogen) atoms. The molecule has 0 spiro atoms. The first kappa shape index (κ1) is 13.7. The Morgan fingerprint density at radius 2 is 1.95 bits per heavy atom. The Morgan fingerprint density at radius 3 is 2.62 bits per heavy atom. The molecule has 0 atom stereocenters. The summed E-state index contributed by atoms with van der Waals surface area (Å²) >= 11 is 5.97. The molecule has 0 aliphatic carbocycles. The molecule has 106 valence electrons. The number of hydrogen-bond acceptors (Lipinski definition) is 3. The molecule has 0 bridgehead atoms. The second-order valence-corrected chi connectivity index (χ2v) is 5.30. The summed E-state index contributed by atoms with van der Waals surface area (Å²) < 4.78 is 5.27. The van der Waals surface area contributed by atoms with E-state index in [-0.39, 0.29) is 0 Å². The lowest BCUT2D eigenvalue weighted by Gasteiger charge is -2.09. The molecule has 4 heteroatoms. The van der Waals surface area contributed by atoms with Gasteiger partial charge in [-0.05, 0) is 54.4 Å². The topological polar surface area (TPSA) is 38.1 Å². The fourth-order valence-electron chi connectivity index (χ4n) is 2.17. The van der Waals surface area contributed by atoms with Gasteiger partial charge in [0, 0.05) is 22.8 Å². The van der Waals surface area contributed by atoms with Crippen molar-refractivity contribution in [2.75, 3.05) is 5.32 Å². The SMILES string of the molecule is Cc1cc(Cl)ccc1CNc1ccc(-c2cnco2)cc1. The first-order valence-corrected chi connectivity index (χ1v) is 7.08. The van der Waals surface area contributed by atoms with E-state index in [0.29, 0.717) is 0 Å². The van der Waals surface area contributed by atoms with E-state index in [1.165, 1.54) is 17.5 Å². The van der Waals surface area contributed by atoms with Crippen molar-refractivity contribution in [3.8, 4) is 11.3 Å². The van der Waals surface area contributed by atoms with Crippen LogP contribution < -0.4 is 5.32 Å². The predicted octanol–water partition coefficient (Wildman–Crippen LogP) is 4.92. The summed E-state index contributed by atoms with van der Waals surface area (Å²) in [4.78, 5) is 3.92. The number of benzene rings is 2. The van der Waals surface area contributed by atoms with Crippen molar-refractivity contribution in [3.05, 3.63) is 71.2 Å². The van der Waals surface area contributed by atoms with Crippen LogP contribution >= 0.6 is 11.6 Å². The molecule has 1 aromatic heterocycles. The van der Waals surface area contributed by atoms with Crippen molar-refractivity contribution >= 4 is 17.3 Å². The van der Waals surface area contributed by atoms with Crippen LogP contribution in [0, 0.1) is 6.92 Å². The van der Waals surface area contributed by atoms with Gasteiger partial charge in [0.1, 0.15) is 0 Å². The molecule has 0 saturated carbocycles. The third-order valence-corrected chi connectivity index (χ3v) is 3.62. The number of anilines is 1. The summed E-state index contributed by atoms with van der Waals surface area (Å²) in [6, 6.07) is 14.0. The molecule has 3 rings (SSSR count). The van der Waals surface area contributed by atoms with Crippen molar-refractivity contribution in [2.45, 2.75) is 13.5 Å². The van der Waals surface area contributed by atoms with Crippen LogP contribution in [0.5, 0.6) is 0 Å². The van der Waals surface area contributed by atoms with Gasteiger partial charge in [0.25, 0.3) is 0 Å². The first-order chi connectivity index (χ1) is 10.2. The summed E-state index contributed by atoms with van der Waals surface area (Å²) in [6.07, 6.45) is 3.14. The van der Waals surface area contributed by atoms with Crippen LogP contribution in [-0.4, -0.2) is 4.98 Å². The number of rotatable bonds is 4. The number of oxazole rings is 1. The van der Waals surface area contributed by atoms with Gasteiger partial charge in [-0.25, -0.2) is 4.98 Å². The Kier molecular flexibility index (Phi) is 3.93. The quantitative estimate of drug-likeness (QED) is 0.743. The third kappa shape index (κ3) is 3.26.